The number of benzene rings is 1. The van der Waals surface area contributed by atoms with Crippen LogP contribution in [0.4, 0.5) is 0 Å². The highest BCUT2D eigenvalue weighted by molar-refractivity contribution is 6.30. The molecule has 0 aliphatic carbocycles. The summed E-state index contributed by atoms with van der Waals surface area (Å²) in [6.07, 6.45) is 2.73. The van der Waals surface area contributed by atoms with Crippen molar-refractivity contribution in [2.24, 2.45) is 17.8 Å². The molecule has 2 saturated heterocycles. The first kappa shape index (κ1) is 18.2. The van der Waals surface area contributed by atoms with E-state index < -0.39 is 0 Å². The predicted octanol–water partition coefficient (Wildman–Crippen LogP) is 3.70. The number of carbonyl (C=O) groups is 2. The SMILES string of the molecule is C[C@@H]1C[C@H](C)CN(C(=O)C2CCN(C(=O)c3ccc(Cl)cc3)CC2)C1. The van der Waals surface area contributed by atoms with E-state index in [1.165, 1.54) is 6.42 Å². The maximum absolute atomic E-state index is 12.8. The van der Waals surface area contributed by atoms with Gasteiger partial charge in [-0.2, -0.15) is 0 Å². The highest BCUT2D eigenvalue weighted by atomic mass is 35.5. The average Bonchev–Trinajstić information content (AvgIpc) is 2.60. The second-order valence-electron chi connectivity index (χ2n) is 7.76. The van der Waals surface area contributed by atoms with Crippen molar-refractivity contribution in [2.75, 3.05) is 26.2 Å². The standard InChI is InChI=1S/C20H27ClN2O2/c1-14-11-15(2)13-23(12-14)20(25)17-7-9-22(10-8-17)19(24)16-3-5-18(21)6-4-16/h3-6,14-15,17H,7-13H2,1-2H3/t14-,15+. The van der Waals surface area contributed by atoms with Gasteiger partial charge in [-0.05, 0) is 55.4 Å². The molecule has 5 heteroatoms. The molecule has 3 rings (SSSR count). The van der Waals surface area contributed by atoms with Crippen LogP contribution in [-0.4, -0.2) is 47.8 Å². The Balaban J connectivity index is 1.55. The highest BCUT2D eigenvalue weighted by Crippen LogP contribution is 2.26. The second kappa shape index (κ2) is 7.77. The van der Waals surface area contributed by atoms with E-state index in [2.05, 4.69) is 18.7 Å². The Hall–Kier alpha value is -1.55. The number of rotatable bonds is 2. The largest absolute Gasteiger partial charge is 0.342 e. The van der Waals surface area contributed by atoms with Gasteiger partial charge in [0.25, 0.3) is 5.91 Å². The quantitative estimate of drug-likeness (QED) is 0.804. The Morgan fingerprint density at radius 2 is 1.52 bits per heavy atom. The minimum Gasteiger partial charge on any atom is -0.342 e. The third-order valence-electron chi connectivity index (χ3n) is 5.40. The second-order valence-corrected chi connectivity index (χ2v) is 8.20. The fraction of sp³-hybridized carbons (Fsp3) is 0.600. The summed E-state index contributed by atoms with van der Waals surface area (Å²) >= 11 is 5.88. The van der Waals surface area contributed by atoms with E-state index in [0.29, 0.717) is 35.5 Å². The van der Waals surface area contributed by atoms with Crippen LogP contribution < -0.4 is 0 Å². The van der Waals surface area contributed by atoms with Crippen molar-refractivity contribution in [3.8, 4) is 0 Å². The Labute approximate surface area is 155 Å². The van der Waals surface area contributed by atoms with Gasteiger partial charge in [-0.15, -0.1) is 0 Å². The number of hydrogen-bond donors (Lipinski definition) is 0. The van der Waals surface area contributed by atoms with Crippen LogP contribution in [0.2, 0.25) is 5.02 Å². The van der Waals surface area contributed by atoms with Gasteiger partial charge in [-0.25, -0.2) is 0 Å². The van der Waals surface area contributed by atoms with Crippen molar-refractivity contribution in [1.29, 1.82) is 0 Å². The van der Waals surface area contributed by atoms with E-state index in [9.17, 15) is 9.59 Å². The lowest BCUT2D eigenvalue weighted by atomic mass is 9.89. The molecule has 4 nitrogen and oxygen atoms in total. The molecule has 25 heavy (non-hydrogen) atoms. The first-order chi connectivity index (χ1) is 11.9. The van der Waals surface area contributed by atoms with Crippen LogP contribution in [0.1, 0.15) is 43.5 Å². The van der Waals surface area contributed by atoms with Crippen molar-refractivity contribution in [1.82, 2.24) is 9.80 Å². The van der Waals surface area contributed by atoms with Gasteiger partial charge in [0.15, 0.2) is 0 Å². The molecule has 2 aliphatic rings. The van der Waals surface area contributed by atoms with Crippen molar-refractivity contribution in [3.63, 3.8) is 0 Å². The Kier molecular flexibility index (Phi) is 5.67. The van der Waals surface area contributed by atoms with Crippen molar-refractivity contribution >= 4 is 23.4 Å². The minimum absolute atomic E-state index is 0.0304. The van der Waals surface area contributed by atoms with Gasteiger partial charge in [0.1, 0.15) is 0 Å². The monoisotopic (exact) mass is 362 g/mol. The minimum atomic E-state index is 0.0304. The molecule has 1 aromatic rings. The lowest BCUT2D eigenvalue weighted by molar-refractivity contribution is -0.139. The van der Waals surface area contributed by atoms with E-state index in [4.69, 9.17) is 11.6 Å². The normalized spacial score (nSPS) is 25.1. The molecular formula is C20H27ClN2O2. The van der Waals surface area contributed by atoms with Crippen LogP contribution in [0.5, 0.6) is 0 Å². The summed E-state index contributed by atoms with van der Waals surface area (Å²) in [6, 6.07) is 7.00. The summed E-state index contributed by atoms with van der Waals surface area (Å²) in [6.45, 7) is 7.51. The Morgan fingerprint density at radius 3 is 2.08 bits per heavy atom. The van der Waals surface area contributed by atoms with E-state index in [0.717, 1.165) is 25.9 Å². The van der Waals surface area contributed by atoms with Gasteiger partial charge < -0.3 is 9.80 Å². The molecule has 2 atom stereocenters. The van der Waals surface area contributed by atoms with Crippen LogP contribution >= 0.6 is 11.6 Å². The van der Waals surface area contributed by atoms with E-state index >= 15 is 0 Å². The average molecular weight is 363 g/mol. The van der Waals surface area contributed by atoms with Gasteiger partial charge in [0.05, 0.1) is 0 Å². The summed E-state index contributed by atoms with van der Waals surface area (Å²) < 4.78 is 0. The Morgan fingerprint density at radius 1 is 0.960 bits per heavy atom. The lowest BCUT2D eigenvalue weighted by Crippen LogP contribution is -2.48. The maximum Gasteiger partial charge on any atom is 0.253 e. The van der Waals surface area contributed by atoms with Crippen molar-refractivity contribution in [2.45, 2.75) is 33.1 Å². The number of likely N-dealkylation sites (tertiary alicyclic amines) is 2. The lowest BCUT2D eigenvalue weighted by Gasteiger charge is -2.39. The first-order valence-electron chi connectivity index (χ1n) is 9.27. The summed E-state index contributed by atoms with van der Waals surface area (Å²) in [5.41, 5.74) is 0.660. The maximum atomic E-state index is 12.8. The third kappa shape index (κ3) is 4.35. The molecule has 2 aliphatic heterocycles. The van der Waals surface area contributed by atoms with Gasteiger partial charge in [0, 0.05) is 42.7 Å². The van der Waals surface area contributed by atoms with Crippen LogP contribution in [-0.2, 0) is 4.79 Å². The molecule has 2 fully saturated rings. The molecule has 0 spiro atoms. The molecule has 0 saturated carbocycles. The number of amides is 2. The number of piperidine rings is 2. The molecule has 136 valence electrons. The van der Waals surface area contributed by atoms with Crippen molar-refractivity contribution in [3.05, 3.63) is 34.9 Å². The molecular weight excluding hydrogens is 336 g/mol. The van der Waals surface area contributed by atoms with Gasteiger partial charge >= 0.3 is 0 Å². The van der Waals surface area contributed by atoms with E-state index in [1.54, 1.807) is 24.3 Å². The van der Waals surface area contributed by atoms with Gasteiger partial charge in [0.2, 0.25) is 5.91 Å². The smallest absolute Gasteiger partial charge is 0.253 e. The summed E-state index contributed by atoms with van der Waals surface area (Å²) in [5.74, 6) is 1.55. The van der Waals surface area contributed by atoms with Crippen LogP contribution in [0.15, 0.2) is 24.3 Å². The summed E-state index contributed by atoms with van der Waals surface area (Å²) in [7, 11) is 0. The first-order valence-corrected chi connectivity index (χ1v) is 9.65. The fourth-order valence-electron chi connectivity index (χ4n) is 4.21. The van der Waals surface area contributed by atoms with Crippen LogP contribution in [0.25, 0.3) is 0 Å². The van der Waals surface area contributed by atoms with Gasteiger partial charge in [-0.3, -0.25) is 9.59 Å². The van der Waals surface area contributed by atoms with Crippen molar-refractivity contribution < 1.29 is 9.59 Å². The topological polar surface area (TPSA) is 40.6 Å². The predicted molar refractivity (Wildman–Crippen MR) is 99.6 cm³/mol. The van der Waals surface area contributed by atoms with Crippen LogP contribution in [0.3, 0.4) is 0 Å². The van der Waals surface area contributed by atoms with Crippen LogP contribution in [0, 0.1) is 17.8 Å². The molecule has 2 amide bonds. The zero-order valence-electron chi connectivity index (χ0n) is 15.1. The zero-order chi connectivity index (χ0) is 18.0. The molecule has 0 bridgehead atoms. The Bertz CT molecular complexity index is 613. The molecule has 0 radical (unpaired) electrons. The molecule has 2 heterocycles. The fourth-order valence-corrected chi connectivity index (χ4v) is 4.33. The number of nitrogens with zero attached hydrogens (tertiary/aromatic N) is 2. The molecule has 0 unspecified atom stereocenters. The highest BCUT2D eigenvalue weighted by Gasteiger charge is 2.33. The third-order valence-corrected chi connectivity index (χ3v) is 5.66. The molecule has 0 N–H and O–H groups in total. The number of halogens is 1. The molecule has 0 aromatic heterocycles. The number of carbonyl (C=O) groups excluding carboxylic acids is 2. The summed E-state index contributed by atoms with van der Waals surface area (Å²) in [4.78, 5) is 29.3. The number of hydrogen-bond acceptors (Lipinski definition) is 2. The molecule has 1 aromatic carbocycles. The summed E-state index contributed by atoms with van der Waals surface area (Å²) in [5, 5.41) is 0.630. The van der Waals surface area contributed by atoms with E-state index in [1.807, 2.05) is 4.90 Å². The van der Waals surface area contributed by atoms with Gasteiger partial charge in [-0.1, -0.05) is 25.4 Å². The van der Waals surface area contributed by atoms with E-state index in [-0.39, 0.29) is 17.7 Å². The zero-order valence-corrected chi connectivity index (χ0v) is 15.8.